The van der Waals surface area contributed by atoms with Gasteiger partial charge in [0.05, 0.1) is 11.6 Å². The number of nitriles is 1. The van der Waals surface area contributed by atoms with Gasteiger partial charge in [0.15, 0.2) is 0 Å². The number of hydrogen-bond donors (Lipinski definition) is 2. The second kappa shape index (κ2) is 9.49. The molecule has 4 heteroatoms. The lowest BCUT2D eigenvalue weighted by molar-refractivity contribution is -0.132. The Kier molecular flexibility index (Phi) is 7.67. The third-order valence-electron chi connectivity index (χ3n) is 3.50. The van der Waals surface area contributed by atoms with Crippen LogP contribution in [0, 0.1) is 11.3 Å². The standard InChI is InChI=1S/C18H18N2O2.C2H6/c1-18(22,17(21)20-16-5-3-2-4-6-16)12-11-14-7-9-15(13-19)10-8-14;1-2/h2-10,22H,11-12H2,1H3,(H,20,21);1-2H3/t18-;/m0./s1. The Morgan fingerprint density at radius 2 is 1.71 bits per heavy atom. The third kappa shape index (κ3) is 5.86. The van der Waals surface area contributed by atoms with Gasteiger partial charge in [0.1, 0.15) is 5.60 Å². The fourth-order valence-electron chi connectivity index (χ4n) is 2.03. The van der Waals surface area contributed by atoms with E-state index in [-0.39, 0.29) is 0 Å². The van der Waals surface area contributed by atoms with Crippen molar-refractivity contribution in [3.05, 3.63) is 65.7 Å². The highest BCUT2D eigenvalue weighted by Gasteiger charge is 2.29. The van der Waals surface area contributed by atoms with E-state index in [9.17, 15) is 9.90 Å². The number of para-hydroxylation sites is 1. The molecule has 0 saturated carbocycles. The summed E-state index contributed by atoms with van der Waals surface area (Å²) in [5.74, 6) is -0.424. The first-order valence-electron chi connectivity index (χ1n) is 8.09. The topological polar surface area (TPSA) is 73.1 Å². The highest BCUT2D eigenvalue weighted by atomic mass is 16.3. The van der Waals surface area contributed by atoms with E-state index in [1.807, 2.05) is 44.2 Å². The largest absolute Gasteiger partial charge is 0.380 e. The van der Waals surface area contributed by atoms with Crippen LogP contribution in [0.1, 0.15) is 38.3 Å². The number of amides is 1. The van der Waals surface area contributed by atoms with Crippen molar-refractivity contribution in [1.82, 2.24) is 0 Å². The summed E-state index contributed by atoms with van der Waals surface area (Å²) in [4.78, 5) is 12.2. The number of aliphatic hydroxyl groups is 1. The SMILES string of the molecule is CC.C[C@](O)(CCc1ccc(C#N)cc1)C(=O)Nc1ccccc1. The first kappa shape index (κ1) is 19.4. The van der Waals surface area contributed by atoms with Crippen molar-refractivity contribution < 1.29 is 9.90 Å². The lowest BCUT2D eigenvalue weighted by Gasteiger charge is -2.22. The Morgan fingerprint density at radius 1 is 1.12 bits per heavy atom. The van der Waals surface area contributed by atoms with Crippen molar-refractivity contribution in [3.8, 4) is 6.07 Å². The molecule has 0 aliphatic heterocycles. The molecule has 0 fully saturated rings. The molecule has 0 unspecified atom stereocenters. The molecular formula is C20H24N2O2. The van der Waals surface area contributed by atoms with Crippen LogP contribution in [0.25, 0.3) is 0 Å². The molecule has 0 heterocycles. The second-order valence-electron chi connectivity index (χ2n) is 5.40. The van der Waals surface area contributed by atoms with Gasteiger partial charge in [-0.3, -0.25) is 4.79 Å². The molecule has 4 nitrogen and oxygen atoms in total. The number of carbonyl (C=O) groups excluding carboxylic acids is 1. The Bertz CT molecular complexity index is 671. The Hall–Kier alpha value is -2.64. The molecule has 1 amide bonds. The minimum Gasteiger partial charge on any atom is -0.380 e. The molecule has 0 aliphatic rings. The maximum absolute atomic E-state index is 12.2. The van der Waals surface area contributed by atoms with Crippen LogP contribution < -0.4 is 5.32 Å². The second-order valence-corrected chi connectivity index (χ2v) is 5.40. The first-order chi connectivity index (χ1) is 11.5. The van der Waals surface area contributed by atoms with Gasteiger partial charge in [0.25, 0.3) is 5.91 Å². The Morgan fingerprint density at radius 3 is 2.25 bits per heavy atom. The Labute approximate surface area is 143 Å². The molecular weight excluding hydrogens is 300 g/mol. The van der Waals surface area contributed by atoms with E-state index in [0.717, 1.165) is 5.56 Å². The predicted octanol–water partition coefficient (Wildman–Crippen LogP) is 3.91. The van der Waals surface area contributed by atoms with E-state index in [2.05, 4.69) is 11.4 Å². The summed E-state index contributed by atoms with van der Waals surface area (Å²) in [6.07, 6.45) is 0.860. The maximum atomic E-state index is 12.2. The number of benzene rings is 2. The summed E-state index contributed by atoms with van der Waals surface area (Å²) in [5, 5.41) is 21.8. The molecule has 0 aromatic heterocycles. The van der Waals surface area contributed by atoms with E-state index < -0.39 is 11.5 Å². The van der Waals surface area contributed by atoms with Gasteiger partial charge in [0, 0.05) is 5.69 Å². The summed E-state index contributed by atoms with van der Waals surface area (Å²) in [6, 6.07) is 18.2. The van der Waals surface area contributed by atoms with Crippen LogP contribution in [-0.4, -0.2) is 16.6 Å². The minimum absolute atomic E-state index is 0.303. The van der Waals surface area contributed by atoms with Gasteiger partial charge in [-0.15, -0.1) is 0 Å². The molecule has 0 saturated heterocycles. The summed E-state index contributed by atoms with van der Waals surface area (Å²) >= 11 is 0. The fourth-order valence-corrected chi connectivity index (χ4v) is 2.03. The van der Waals surface area contributed by atoms with Gasteiger partial charge in [-0.2, -0.15) is 5.26 Å². The zero-order valence-electron chi connectivity index (χ0n) is 14.4. The van der Waals surface area contributed by atoms with Crippen molar-refractivity contribution in [1.29, 1.82) is 5.26 Å². The lowest BCUT2D eigenvalue weighted by atomic mass is 9.95. The molecule has 0 radical (unpaired) electrons. The van der Waals surface area contributed by atoms with Crippen LogP contribution >= 0.6 is 0 Å². The molecule has 2 aromatic rings. The molecule has 2 N–H and O–H groups in total. The van der Waals surface area contributed by atoms with E-state index in [0.29, 0.717) is 24.1 Å². The van der Waals surface area contributed by atoms with E-state index in [1.165, 1.54) is 6.92 Å². The molecule has 126 valence electrons. The van der Waals surface area contributed by atoms with Crippen LogP contribution in [-0.2, 0) is 11.2 Å². The zero-order valence-corrected chi connectivity index (χ0v) is 14.4. The van der Waals surface area contributed by atoms with Crippen LogP contribution in [0.15, 0.2) is 54.6 Å². The molecule has 0 aliphatic carbocycles. The molecule has 2 rings (SSSR count). The first-order valence-corrected chi connectivity index (χ1v) is 8.09. The van der Waals surface area contributed by atoms with E-state index >= 15 is 0 Å². The highest BCUT2D eigenvalue weighted by molar-refractivity contribution is 5.96. The number of aryl methyl sites for hydroxylation is 1. The maximum Gasteiger partial charge on any atom is 0.256 e. The average molecular weight is 324 g/mol. The van der Waals surface area contributed by atoms with Crippen LogP contribution in [0.4, 0.5) is 5.69 Å². The monoisotopic (exact) mass is 324 g/mol. The van der Waals surface area contributed by atoms with Crippen molar-refractivity contribution in [2.24, 2.45) is 0 Å². The van der Waals surface area contributed by atoms with Gasteiger partial charge < -0.3 is 10.4 Å². The number of nitrogens with one attached hydrogen (secondary N) is 1. The van der Waals surface area contributed by atoms with Gasteiger partial charge in [-0.05, 0) is 49.6 Å². The third-order valence-corrected chi connectivity index (χ3v) is 3.50. The van der Waals surface area contributed by atoms with Crippen molar-refractivity contribution >= 4 is 11.6 Å². The summed E-state index contributed by atoms with van der Waals surface area (Å²) in [6.45, 7) is 5.51. The zero-order chi connectivity index (χ0) is 18.0. The minimum atomic E-state index is -1.45. The number of rotatable bonds is 5. The lowest BCUT2D eigenvalue weighted by Crippen LogP contribution is -2.40. The van der Waals surface area contributed by atoms with E-state index in [4.69, 9.17) is 5.26 Å². The van der Waals surface area contributed by atoms with Gasteiger partial charge >= 0.3 is 0 Å². The molecule has 0 spiro atoms. The summed E-state index contributed by atoms with van der Waals surface area (Å²) in [5.41, 5.74) is 0.777. The molecule has 0 bridgehead atoms. The Balaban J connectivity index is 0.00000139. The van der Waals surface area contributed by atoms with Gasteiger partial charge in [-0.1, -0.05) is 44.2 Å². The number of anilines is 1. The summed E-state index contributed by atoms with van der Waals surface area (Å²) < 4.78 is 0. The summed E-state index contributed by atoms with van der Waals surface area (Å²) in [7, 11) is 0. The van der Waals surface area contributed by atoms with Gasteiger partial charge in [0.2, 0.25) is 0 Å². The molecule has 24 heavy (non-hydrogen) atoms. The van der Waals surface area contributed by atoms with Crippen LogP contribution in [0.5, 0.6) is 0 Å². The smallest absolute Gasteiger partial charge is 0.256 e. The van der Waals surface area contributed by atoms with Crippen LogP contribution in [0.3, 0.4) is 0 Å². The van der Waals surface area contributed by atoms with E-state index in [1.54, 1.807) is 24.3 Å². The number of carbonyl (C=O) groups is 1. The fraction of sp³-hybridized carbons (Fsp3) is 0.300. The van der Waals surface area contributed by atoms with Gasteiger partial charge in [-0.25, -0.2) is 0 Å². The van der Waals surface area contributed by atoms with Crippen molar-refractivity contribution in [2.45, 2.75) is 39.2 Å². The molecule has 2 aromatic carbocycles. The normalized spacial score (nSPS) is 12.1. The highest BCUT2D eigenvalue weighted by Crippen LogP contribution is 2.17. The quantitative estimate of drug-likeness (QED) is 0.876. The average Bonchev–Trinajstić information content (AvgIpc) is 2.63. The van der Waals surface area contributed by atoms with Crippen LogP contribution in [0.2, 0.25) is 0 Å². The number of hydrogen-bond acceptors (Lipinski definition) is 3. The van der Waals surface area contributed by atoms with Crippen molar-refractivity contribution in [2.75, 3.05) is 5.32 Å². The predicted molar refractivity (Wildman–Crippen MR) is 96.5 cm³/mol. The number of nitrogens with zero attached hydrogens (tertiary/aromatic N) is 1. The molecule has 1 atom stereocenters. The van der Waals surface area contributed by atoms with Crippen molar-refractivity contribution in [3.63, 3.8) is 0 Å².